The van der Waals surface area contributed by atoms with Crippen LogP contribution in [0.15, 0.2) is 36.4 Å². The van der Waals surface area contributed by atoms with Crippen molar-refractivity contribution in [3.8, 4) is 0 Å². The molecule has 3 rings (SSSR count). The van der Waals surface area contributed by atoms with Gasteiger partial charge in [0.1, 0.15) is 0 Å². The van der Waals surface area contributed by atoms with Crippen LogP contribution in [0.2, 0.25) is 0 Å². The number of benzene rings is 2. The first-order chi connectivity index (χ1) is 12.8. The van der Waals surface area contributed by atoms with Crippen molar-refractivity contribution in [2.75, 3.05) is 27.8 Å². The summed E-state index contributed by atoms with van der Waals surface area (Å²) in [6, 6.07) is 10.4. The lowest BCUT2D eigenvalue weighted by molar-refractivity contribution is -0.115. The molecule has 0 fully saturated rings. The Morgan fingerprint density at radius 1 is 1.00 bits per heavy atom. The highest BCUT2D eigenvalue weighted by molar-refractivity contribution is 6.09. The van der Waals surface area contributed by atoms with Crippen LogP contribution in [0.5, 0.6) is 0 Å². The standard InChI is InChI=1S/C20H22N4O3.ClH/c1-12(25)22-15-9-14(10-16(11-15)23-13(2)26)20(27)24-8-4-5-17-18(21)6-3-7-19(17)24;/h3,6-7,9-11H,4-5,8,21H2,1-2H3,(H,22,25)(H,23,26);1H. The summed E-state index contributed by atoms with van der Waals surface area (Å²) in [5.41, 5.74) is 9.78. The van der Waals surface area contributed by atoms with Gasteiger partial charge in [-0.3, -0.25) is 14.4 Å². The number of rotatable bonds is 3. The van der Waals surface area contributed by atoms with Crippen LogP contribution in [-0.2, 0) is 16.0 Å². The lowest BCUT2D eigenvalue weighted by Crippen LogP contribution is -2.35. The van der Waals surface area contributed by atoms with Crippen molar-refractivity contribution in [2.24, 2.45) is 0 Å². The minimum absolute atomic E-state index is 0. The van der Waals surface area contributed by atoms with Crippen LogP contribution in [0.25, 0.3) is 0 Å². The molecule has 148 valence electrons. The van der Waals surface area contributed by atoms with E-state index in [0.717, 1.165) is 24.1 Å². The number of nitrogens with two attached hydrogens (primary N) is 1. The molecule has 2 aromatic rings. The fourth-order valence-electron chi connectivity index (χ4n) is 3.32. The smallest absolute Gasteiger partial charge is 0.258 e. The van der Waals surface area contributed by atoms with Gasteiger partial charge in [0.2, 0.25) is 11.8 Å². The Hall–Kier alpha value is -3.06. The van der Waals surface area contributed by atoms with Crippen LogP contribution in [0.1, 0.15) is 36.2 Å². The van der Waals surface area contributed by atoms with Crippen molar-refractivity contribution in [2.45, 2.75) is 26.7 Å². The van der Waals surface area contributed by atoms with E-state index in [4.69, 9.17) is 5.73 Å². The summed E-state index contributed by atoms with van der Waals surface area (Å²) in [6.45, 7) is 3.35. The third kappa shape index (κ3) is 4.61. The van der Waals surface area contributed by atoms with E-state index in [1.54, 1.807) is 23.1 Å². The molecule has 0 spiro atoms. The van der Waals surface area contributed by atoms with Crippen molar-refractivity contribution >= 4 is 52.9 Å². The Labute approximate surface area is 169 Å². The summed E-state index contributed by atoms with van der Waals surface area (Å²) in [5, 5.41) is 5.33. The van der Waals surface area contributed by atoms with E-state index in [1.807, 2.05) is 18.2 Å². The van der Waals surface area contributed by atoms with Gasteiger partial charge in [-0.1, -0.05) is 6.07 Å². The predicted octanol–water partition coefficient (Wildman–Crippen LogP) is 3.20. The Balaban J connectivity index is 0.00000280. The van der Waals surface area contributed by atoms with Gasteiger partial charge in [-0.2, -0.15) is 0 Å². The average Bonchev–Trinajstić information content (AvgIpc) is 2.59. The molecule has 0 aliphatic carbocycles. The molecule has 0 atom stereocenters. The second kappa shape index (κ2) is 8.75. The first kappa shape index (κ1) is 21.2. The molecule has 0 saturated heterocycles. The third-order valence-electron chi connectivity index (χ3n) is 4.35. The van der Waals surface area contributed by atoms with Gasteiger partial charge in [0.25, 0.3) is 5.91 Å². The molecular formula is C20H23ClN4O3. The van der Waals surface area contributed by atoms with Gasteiger partial charge in [-0.25, -0.2) is 0 Å². The van der Waals surface area contributed by atoms with Crippen LogP contribution in [-0.4, -0.2) is 24.3 Å². The molecule has 7 nitrogen and oxygen atoms in total. The number of hydrogen-bond donors (Lipinski definition) is 3. The topological polar surface area (TPSA) is 105 Å². The Bertz CT molecular complexity index is 895. The molecular weight excluding hydrogens is 380 g/mol. The summed E-state index contributed by atoms with van der Waals surface area (Å²) < 4.78 is 0. The number of carbonyl (C=O) groups excluding carboxylic acids is 3. The molecule has 8 heteroatoms. The van der Waals surface area contributed by atoms with E-state index in [2.05, 4.69) is 10.6 Å². The molecule has 2 aromatic carbocycles. The van der Waals surface area contributed by atoms with E-state index in [0.29, 0.717) is 29.2 Å². The average molecular weight is 403 g/mol. The van der Waals surface area contributed by atoms with Crippen molar-refractivity contribution in [1.82, 2.24) is 0 Å². The first-order valence-electron chi connectivity index (χ1n) is 8.74. The van der Waals surface area contributed by atoms with Crippen LogP contribution in [0.3, 0.4) is 0 Å². The molecule has 1 aliphatic heterocycles. The molecule has 1 aliphatic rings. The lowest BCUT2D eigenvalue weighted by Gasteiger charge is -2.30. The van der Waals surface area contributed by atoms with Gasteiger partial charge < -0.3 is 21.3 Å². The minimum atomic E-state index is -0.260. The first-order valence-corrected chi connectivity index (χ1v) is 8.74. The molecule has 3 amide bonds. The summed E-state index contributed by atoms with van der Waals surface area (Å²) in [5.74, 6) is -0.728. The highest BCUT2D eigenvalue weighted by atomic mass is 35.5. The molecule has 28 heavy (non-hydrogen) atoms. The largest absolute Gasteiger partial charge is 0.398 e. The minimum Gasteiger partial charge on any atom is -0.398 e. The number of carbonyl (C=O) groups is 3. The zero-order valence-electron chi connectivity index (χ0n) is 15.7. The van der Waals surface area contributed by atoms with E-state index in [1.165, 1.54) is 13.8 Å². The van der Waals surface area contributed by atoms with E-state index >= 15 is 0 Å². The van der Waals surface area contributed by atoms with Gasteiger partial charge in [0, 0.05) is 48.7 Å². The second-order valence-electron chi connectivity index (χ2n) is 6.57. The van der Waals surface area contributed by atoms with Crippen LogP contribution in [0, 0.1) is 0 Å². The van der Waals surface area contributed by atoms with Crippen LogP contribution in [0.4, 0.5) is 22.7 Å². The van der Waals surface area contributed by atoms with Crippen molar-refractivity contribution in [1.29, 1.82) is 0 Å². The summed E-state index contributed by atoms with van der Waals surface area (Å²) in [4.78, 5) is 37.7. The van der Waals surface area contributed by atoms with Crippen molar-refractivity contribution in [3.63, 3.8) is 0 Å². The maximum absolute atomic E-state index is 13.2. The van der Waals surface area contributed by atoms with E-state index < -0.39 is 0 Å². The van der Waals surface area contributed by atoms with Gasteiger partial charge in [-0.05, 0) is 48.7 Å². The van der Waals surface area contributed by atoms with Gasteiger partial charge in [0.15, 0.2) is 0 Å². The van der Waals surface area contributed by atoms with Crippen molar-refractivity contribution < 1.29 is 14.4 Å². The quantitative estimate of drug-likeness (QED) is 0.685. The molecule has 0 bridgehead atoms. The van der Waals surface area contributed by atoms with Gasteiger partial charge in [0.05, 0.1) is 0 Å². The summed E-state index contributed by atoms with van der Waals surface area (Å²) in [7, 11) is 0. The number of fused-ring (bicyclic) bond motifs is 1. The second-order valence-corrected chi connectivity index (χ2v) is 6.57. The SMILES string of the molecule is CC(=O)Nc1cc(NC(C)=O)cc(C(=O)N2CCCc3c(N)cccc32)c1.Cl. The Morgan fingerprint density at radius 3 is 2.18 bits per heavy atom. The molecule has 0 aromatic heterocycles. The molecule has 0 unspecified atom stereocenters. The predicted molar refractivity (Wildman–Crippen MR) is 113 cm³/mol. The normalized spacial score (nSPS) is 12.4. The highest BCUT2D eigenvalue weighted by Gasteiger charge is 2.25. The Morgan fingerprint density at radius 2 is 1.61 bits per heavy atom. The van der Waals surface area contributed by atoms with E-state index in [9.17, 15) is 14.4 Å². The van der Waals surface area contributed by atoms with Crippen LogP contribution < -0.4 is 21.3 Å². The zero-order valence-corrected chi connectivity index (χ0v) is 16.6. The molecule has 4 N–H and O–H groups in total. The van der Waals surface area contributed by atoms with Gasteiger partial charge in [-0.15, -0.1) is 12.4 Å². The van der Waals surface area contributed by atoms with Crippen LogP contribution >= 0.6 is 12.4 Å². The molecule has 0 radical (unpaired) electrons. The molecule has 1 heterocycles. The number of amides is 3. The highest BCUT2D eigenvalue weighted by Crippen LogP contribution is 2.33. The third-order valence-corrected chi connectivity index (χ3v) is 4.35. The monoisotopic (exact) mass is 402 g/mol. The number of anilines is 4. The number of hydrogen-bond acceptors (Lipinski definition) is 4. The Kier molecular flexibility index (Phi) is 6.64. The van der Waals surface area contributed by atoms with E-state index in [-0.39, 0.29) is 30.1 Å². The number of nitrogens with zero attached hydrogens (tertiary/aromatic N) is 1. The maximum atomic E-state index is 13.2. The van der Waals surface area contributed by atoms with Crippen molar-refractivity contribution in [3.05, 3.63) is 47.5 Å². The lowest BCUT2D eigenvalue weighted by atomic mass is 9.99. The maximum Gasteiger partial charge on any atom is 0.258 e. The summed E-state index contributed by atoms with van der Waals surface area (Å²) in [6.07, 6.45) is 1.64. The fraction of sp³-hybridized carbons (Fsp3) is 0.250. The number of halogens is 1. The number of nitrogen functional groups attached to an aromatic ring is 1. The van der Waals surface area contributed by atoms with Gasteiger partial charge >= 0.3 is 0 Å². The fourth-order valence-corrected chi connectivity index (χ4v) is 3.32. The molecule has 0 saturated carbocycles. The zero-order chi connectivity index (χ0) is 19.6. The number of nitrogens with one attached hydrogen (secondary N) is 2. The summed E-state index contributed by atoms with van der Waals surface area (Å²) >= 11 is 0.